The lowest BCUT2D eigenvalue weighted by Crippen LogP contribution is -2.20. The van der Waals surface area contributed by atoms with Crippen molar-refractivity contribution in [2.45, 2.75) is 66.2 Å². The molecule has 2 nitrogen and oxygen atoms in total. The number of rotatable bonds is 11. The first-order valence-corrected chi connectivity index (χ1v) is 7.28. The van der Waals surface area contributed by atoms with Crippen LogP contribution in [0.2, 0.25) is 0 Å². The van der Waals surface area contributed by atoms with Gasteiger partial charge in [-0.15, -0.1) is 0 Å². The molecule has 0 amide bonds. The van der Waals surface area contributed by atoms with Gasteiger partial charge in [0.1, 0.15) is 5.78 Å². The molecule has 0 fully saturated rings. The van der Waals surface area contributed by atoms with E-state index >= 15 is 0 Å². The average Bonchev–Trinajstić information content (AvgIpc) is 2.29. The Kier molecular flexibility index (Phi) is 10.5. The largest absolute Gasteiger partial charge is 0.317 e. The number of nitrogens with one attached hydrogen (secondary N) is 1. The zero-order chi connectivity index (χ0) is 13.1. The van der Waals surface area contributed by atoms with E-state index in [0.717, 1.165) is 37.8 Å². The highest BCUT2D eigenvalue weighted by Crippen LogP contribution is 2.20. The van der Waals surface area contributed by atoms with Crippen LogP contribution in [0.5, 0.6) is 0 Å². The third kappa shape index (κ3) is 10.5. The Balaban J connectivity index is 3.46. The molecule has 0 saturated heterocycles. The highest BCUT2D eigenvalue weighted by Gasteiger charge is 2.11. The Bertz CT molecular complexity index is 191. The smallest absolute Gasteiger partial charge is 0.129 e. The molecule has 0 heterocycles. The van der Waals surface area contributed by atoms with Gasteiger partial charge in [0.25, 0.3) is 0 Å². The van der Waals surface area contributed by atoms with Crippen LogP contribution >= 0.6 is 0 Å². The minimum absolute atomic E-state index is 0.328. The van der Waals surface area contributed by atoms with Crippen molar-refractivity contribution in [3.8, 4) is 0 Å². The summed E-state index contributed by atoms with van der Waals surface area (Å²) in [5.41, 5.74) is 0. The predicted octanol–water partition coefficient (Wildman–Crippen LogP) is 3.80. The summed E-state index contributed by atoms with van der Waals surface area (Å²) in [5, 5.41) is 3.46. The summed E-state index contributed by atoms with van der Waals surface area (Å²) < 4.78 is 0. The van der Waals surface area contributed by atoms with Crippen molar-refractivity contribution < 1.29 is 4.79 Å². The molecule has 0 bridgehead atoms. The Labute approximate surface area is 108 Å². The highest BCUT2D eigenvalue weighted by atomic mass is 16.1. The van der Waals surface area contributed by atoms with Crippen molar-refractivity contribution >= 4 is 5.78 Å². The van der Waals surface area contributed by atoms with Gasteiger partial charge in [0.15, 0.2) is 0 Å². The predicted molar refractivity (Wildman–Crippen MR) is 75.3 cm³/mol. The molecular weight excluding hydrogens is 210 g/mol. The van der Waals surface area contributed by atoms with Crippen LogP contribution in [0, 0.1) is 11.8 Å². The van der Waals surface area contributed by atoms with Crippen molar-refractivity contribution in [1.82, 2.24) is 5.32 Å². The molecule has 0 aromatic carbocycles. The lowest BCUT2D eigenvalue weighted by Gasteiger charge is -2.20. The van der Waals surface area contributed by atoms with Gasteiger partial charge in [-0.1, -0.05) is 33.6 Å². The van der Waals surface area contributed by atoms with Crippen LogP contribution in [0.25, 0.3) is 0 Å². The van der Waals surface area contributed by atoms with Crippen LogP contribution in [0.3, 0.4) is 0 Å². The molecule has 0 spiro atoms. The normalized spacial score (nSPS) is 14.6. The standard InChI is InChI=1S/C15H31NO/c1-5-11-16-12-10-14(3)13(2)8-6-7-9-15(4)17/h13-14,16H,5-12H2,1-4H3. The van der Waals surface area contributed by atoms with Crippen molar-refractivity contribution in [2.75, 3.05) is 13.1 Å². The summed E-state index contributed by atoms with van der Waals surface area (Å²) in [6.07, 6.45) is 6.79. The quantitative estimate of drug-likeness (QED) is 0.557. The van der Waals surface area contributed by atoms with Gasteiger partial charge in [-0.25, -0.2) is 0 Å². The molecule has 0 rings (SSSR count). The molecule has 0 aliphatic carbocycles. The molecule has 2 atom stereocenters. The maximum atomic E-state index is 10.8. The van der Waals surface area contributed by atoms with Gasteiger partial charge in [0.05, 0.1) is 0 Å². The molecule has 1 N–H and O–H groups in total. The molecular formula is C15H31NO. The molecule has 0 radical (unpaired) electrons. The number of carbonyl (C=O) groups is 1. The van der Waals surface area contributed by atoms with E-state index in [0.29, 0.717) is 5.78 Å². The SMILES string of the molecule is CCCNCCC(C)C(C)CCCCC(C)=O. The number of Topliss-reactive ketones (excluding diaryl/α,β-unsaturated/α-hetero) is 1. The van der Waals surface area contributed by atoms with Gasteiger partial charge in [-0.2, -0.15) is 0 Å². The number of hydrogen-bond donors (Lipinski definition) is 1. The summed E-state index contributed by atoms with van der Waals surface area (Å²) in [7, 11) is 0. The van der Waals surface area contributed by atoms with Crippen LogP contribution in [-0.2, 0) is 4.79 Å². The van der Waals surface area contributed by atoms with E-state index in [2.05, 4.69) is 26.1 Å². The number of carbonyl (C=O) groups excluding carboxylic acids is 1. The second kappa shape index (κ2) is 10.8. The van der Waals surface area contributed by atoms with E-state index in [1.54, 1.807) is 6.92 Å². The van der Waals surface area contributed by atoms with E-state index in [1.165, 1.54) is 25.7 Å². The van der Waals surface area contributed by atoms with Gasteiger partial charge in [-0.3, -0.25) is 0 Å². The lowest BCUT2D eigenvalue weighted by molar-refractivity contribution is -0.117. The topological polar surface area (TPSA) is 29.1 Å². The third-order valence-corrected chi connectivity index (χ3v) is 3.61. The molecule has 2 unspecified atom stereocenters. The van der Waals surface area contributed by atoms with Crippen LogP contribution in [0.15, 0.2) is 0 Å². The van der Waals surface area contributed by atoms with E-state index < -0.39 is 0 Å². The first kappa shape index (κ1) is 16.6. The fraction of sp³-hybridized carbons (Fsp3) is 0.933. The second-order valence-corrected chi connectivity index (χ2v) is 5.44. The Morgan fingerprint density at radius 2 is 1.71 bits per heavy atom. The fourth-order valence-electron chi connectivity index (χ4n) is 2.04. The average molecular weight is 241 g/mol. The maximum Gasteiger partial charge on any atom is 0.129 e. The zero-order valence-corrected chi connectivity index (χ0v) is 12.2. The molecule has 102 valence electrons. The van der Waals surface area contributed by atoms with Crippen molar-refractivity contribution in [3.05, 3.63) is 0 Å². The molecule has 0 aromatic heterocycles. The zero-order valence-electron chi connectivity index (χ0n) is 12.2. The summed E-state index contributed by atoms with van der Waals surface area (Å²) >= 11 is 0. The lowest BCUT2D eigenvalue weighted by atomic mass is 9.88. The number of hydrogen-bond acceptors (Lipinski definition) is 2. The van der Waals surface area contributed by atoms with Crippen LogP contribution in [0.4, 0.5) is 0 Å². The summed E-state index contributed by atoms with van der Waals surface area (Å²) in [4.78, 5) is 10.8. The van der Waals surface area contributed by atoms with E-state index in [9.17, 15) is 4.79 Å². The minimum Gasteiger partial charge on any atom is -0.317 e. The maximum absolute atomic E-state index is 10.8. The first-order chi connectivity index (χ1) is 8.07. The summed E-state index contributed by atoms with van der Waals surface area (Å²) in [6, 6.07) is 0. The fourth-order valence-corrected chi connectivity index (χ4v) is 2.04. The van der Waals surface area contributed by atoms with Gasteiger partial charge < -0.3 is 10.1 Å². The number of ketones is 1. The van der Waals surface area contributed by atoms with Gasteiger partial charge in [0.2, 0.25) is 0 Å². The third-order valence-electron chi connectivity index (χ3n) is 3.61. The van der Waals surface area contributed by atoms with E-state index in [1.807, 2.05) is 0 Å². The molecule has 0 saturated carbocycles. The van der Waals surface area contributed by atoms with Gasteiger partial charge in [0, 0.05) is 6.42 Å². The van der Waals surface area contributed by atoms with Crippen molar-refractivity contribution in [2.24, 2.45) is 11.8 Å². The summed E-state index contributed by atoms with van der Waals surface area (Å²) in [5.74, 6) is 1.90. The minimum atomic E-state index is 0.328. The van der Waals surface area contributed by atoms with Crippen LogP contribution in [0.1, 0.15) is 66.2 Å². The Morgan fingerprint density at radius 3 is 2.29 bits per heavy atom. The number of unbranched alkanes of at least 4 members (excludes halogenated alkanes) is 1. The Morgan fingerprint density at radius 1 is 1.06 bits per heavy atom. The van der Waals surface area contributed by atoms with Crippen LogP contribution < -0.4 is 5.32 Å². The molecule has 17 heavy (non-hydrogen) atoms. The monoisotopic (exact) mass is 241 g/mol. The highest BCUT2D eigenvalue weighted by molar-refractivity contribution is 5.75. The molecule has 0 aliphatic heterocycles. The van der Waals surface area contributed by atoms with Gasteiger partial charge in [-0.05, 0) is 51.1 Å². The Hall–Kier alpha value is -0.370. The molecule has 0 aromatic rings. The first-order valence-electron chi connectivity index (χ1n) is 7.28. The van der Waals surface area contributed by atoms with E-state index in [4.69, 9.17) is 0 Å². The van der Waals surface area contributed by atoms with Gasteiger partial charge >= 0.3 is 0 Å². The van der Waals surface area contributed by atoms with Crippen molar-refractivity contribution in [3.63, 3.8) is 0 Å². The van der Waals surface area contributed by atoms with Crippen molar-refractivity contribution in [1.29, 1.82) is 0 Å². The molecule has 0 aliphatic rings. The van der Waals surface area contributed by atoms with E-state index in [-0.39, 0.29) is 0 Å². The molecule has 2 heteroatoms. The second-order valence-electron chi connectivity index (χ2n) is 5.44. The summed E-state index contributed by atoms with van der Waals surface area (Å²) in [6.45, 7) is 10.9. The van der Waals surface area contributed by atoms with Crippen LogP contribution in [-0.4, -0.2) is 18.9 Å².